The SMILES string of the molecule is Cc1cc(N2CCCC2CNC(=O)OC(C)(C)C)ncc1Br. The highest BCUT2D eigenvalue weighted by Gasteiger charge is 2.27. The molecule has 1 unspecified atom stereocenters. The predicted octanol–water partition coefficient (Wildman–Crippen LogP) is 3.65. The molecule has 0 saturated carbocycles. The fraction of sp³-hybridized carbons (Fsp3) is 0.625. The minimum absolute atomic E-state index is 0.264. The number of pyridine rings is 1. The first kappa shape index (κ1) is 17.1. The van der Waals surface area contributed by atoms with Crippen LogP contribution in [0.25, 0.3) is 0 Å². The number of amides is 1. The van der Waals surface area contributed by atoms with Gasteiger partial charge >= 0.3 is 6.09 Å². The van der Waals surface area contributed by atoms with E-state index in [-0.39, 0.29) is 12.1 Å². The van der Waals surface area contributed by atoms with E-state index >= 15 is 0 Å². The van der Waals surface area contributed by atoms with Crippen LogP contribution in [0.2, 0.25) is 0 Å². The quantitative estimate of drug-likeness (QED) is 0.883. The van der Waals surface area contributed by atoms with Gasteiger partial charge in [0.2, 0.25) is 0 Å². The van der Waals surface area contributed by atoms with E-state index in [2.05, 4.69) is 44.1 Å². The Morgan fingerprint density at radius 1 is 1.55 bits per heavy atom. The topological polar surface area (TPSA) is 54.5 Å². The van der Waals surface area contributed by atoms with E-state index in [0.29, 0.717) is 6.54 Å². The van der Waals surface area contributed by atoms with Crippen LogP contribution in [0.5, 0.6) is 0 Å². The molecule has 1 atom stereocenters. The molecular weight excluding hydrogens is 346 g/mol. The van der Waals surface area contributed by atoms with Gasteiger partial charge in [-0.2, -0.15) is 0 Å². The molecule has 0 aliphatic carbocycles. The van der Waals surface area contributed by atoms with Crippen molar-refractivity contribution in [3.05, 3.63) is 22.3 Å². The van der Waals surface area contributed by atoms with Crippen LogP contribution >= 0.6 is 15.9 Å². The second kappa shape index (κ2) is 6.86. The van der Waals surface area contributed by atoms with Crippen LogP contribution in [0.4, 0.5) is 10.6 Å². The first-order valence-corrected chi connectivity index (χ1v) is 8.41. The zero-order chi connectivity index (χ0) is 16.3. The summed E-state index contributed by atoms with van der Waals surface area (Å²) in [5.74, 6) is 0.967. The van der Waals surface area contributed by atoms with Crippen molar-refractivity contribution >= 4 is 27.8 Å². The fourth-order valence-electron chi connectivity index (χ4n) is 2.55. The van der Waals surface area contributed by atoms with Crippen molar-refractivity contribution in [3.63, 3.8) is 0 Å². The molecule has 5 nitrogen and oxygen atoms in total. The Morgan fingerprint density at radius 3 is 2.91 bits per heavy atom. The summed E-state index contributed by atoms with van der Waals surface area (Å²) in [5.41, 5.74) is 0.694. The largest absolute Gasteiger partial charge is 0.444 e. The van der Waals surface area contributed by atoms with Crippen LogP contribution in [0, 0.1) is 6.92 Å². The molecule has 1 amide bonds. The van der Waals surface area contributed by atoms with Crippen molar-refractivity contribution in [2.45, 2.75) is 52.2 Å². The number of nitrogens with zero attached hydrogens (tertiary/aromatic N) is 2. The number of hydrogen-bond donors (Lipinski definition) is 1. The van der Waals surface area contributed by atoms with E-state index < -0.39 is 5.60 Å². The summed E-state index contributed by atoms with van der Waals surface area (Å²) in [4.78, 5) is 18.5. The van der Waals surface area contributed by atoms with Gasteiger partial charge in [0.25, 0.3) is 0 Å². The fourth-order valence-corrected chi connectivity index (χ4v) is 2.76. The molecule has 1 saturated heterocycles. The second-order valence-electron chi connectivity index (χ2n) is 6.66. The summed E-state index contributed by atoms with van der Waals surface area (Å²) in [5, 5.41) is 2.87. The van der Waals surface area contributed by atoms with Gasteiger partial charge in [0, 0.05) is 29.8 Å². The van der Waals surface area contributed by atoms with Gasteiger partial charge in [0.15, 0.2) is 0 Å². The van der Waals surface area contributed by atoms with E-state index in [9.17, 15) is 4.79 Å². The smallest absolute Gasteiger partial charge is 0.407 e. The highest BCUT2D eigenvalue weighted by atomic mass is 79.9. The molecule has 0 spiro atoms. The van der Waals surface area contributed by atoms with E-state index in [1.807, 2.05) is 27.0 Å². The van der Waals surface area contributed by atoms with Crippen LogP contribution < -0.4 is 10.2 Å². The molecule has 1 aliphatic rings. The molecule has 2 heterocycles. The minimum atomic E-state index is -0.468. The zero-order valence-electron chi connectivity index (χ0n) is 13.6. The molecule has 1 N–H and O–H groups in total. The third kappa shape index (κ3) is 4.60. The van der Waals surface area contributed by atoms with Crippen molar-refractivity contribution in [1.82, 2.24) is 10.3 Å². The van der Waals surface area contributed by atoms with E-state index in [1.165, 1.54) is 0 Å². The van der Waals surface area contributed by atoms with Crippen LogP contribution in [0.1, 0.15) is 39.2 Å². The lowest BCUT2D eigenvalue weighted by Crippen LogP contribution is -2.42. The number of aromatic nitrogens is 1. The van der Waals surface area contributed by atoms with Crippen molar-refractivity contribution in [2.24, 2.45) is 0 Å². The summed E-state index contributed by atoms with van der Waals surface area (Å²) < 4.78 is 6.30. The Hall–Kier alpha value is -1.30. The lowest BCUT2D eigenvalue weighted by atomic mass is 10.2. The van der Waals surface area contributed by atoms with Crippen LogP contribution in [0.3, 0.4) is 0 Å². The molecule has 122 valence electrons. The molecule has 1 fully saturated rings. The first-order chi connectivity index (χ1) is 10.3. The Bertz CT molecular complexity index is 543. The molecule has 0 aromatic carbocycles. The molecular formula is C16H24BrN3O2. The van der Waals surface area contributed by atoms with Crippen molar-refractivity contribution in [2.75, 3.05) is 18.0 Å². The summed E-state index contributed by atoms with van der Waals surface area (Å²) in [7, 11) is 0. The van der Waals surface area contributed by atoms with Gasteiger partial charge in [-0.05, 0) is 68.1 Å². The molecule has 1 aliphatic heterocycles. The molecule has 1 aromatic rings. The lowest BCUT2D eigenvalue weighted by Gasteiger charge is -2.27. The van der Waals surface area contributed by atoms with Crippen molar-refractivity contribution in [3.8, 4) is 0 Å². The van der Waals surface area contributed by atoms with Gasteiger partial charge in [0.05, 0.1) is 0 Å². The van der Waals surface area contributed by atoms with Gasteiger partial charge < -0.3 is 15.0 Å². The number of carbonyl (C=O) groups excluding carboxylic acids is 1. The highest BCUT2D eigenvalue weighted by Crippen LogP contribution is 2.26. The average molecular weight is 370 g/mol. The monoisotopic (exact) mass is 369 g/mol. The highest BCUT2D eigenvalue weighted by molar-refractivity contribution is 9.10. The summed E-state index contributed by atoms with van der Waals surface area (Å²) in [6.45, 7) is 9.19. The number of aryl methyl sites for hydroxylation is 1. The number of halogens is 1. The number of nitrogens with one attached hydrogen (secondary N) is 1. The van der Waals surface area contributed by atoms with Crippen molar-refractivity contribution in [1.29, 1.82) is 0 Å². The third-order valence-corrected chi connectivity index (χ3v) is 4.41. The van der Waals surface area contributed by atoms with Gasteiger partial charge in [-0.25, -0.2) is 9.78 Å². The number of alkyl carbamates (subject to hydrolysis) is 1. The summed E-state index contributed by atoms with van der Waals surface area (Å²) >= 11 is 3.48. The van der Waals surface area contributed by atoms with Crippen molar-refractivity contribution < 1.29 is 9.53 Å². The first-order valence-electron chi connectivity index (χ1n) is 7.62. The molecule has 2 rings (SSSR count). The van der Waals surface area contributed by atoms with E-state index in [1.54, 1.807) is 0 Å². The molecule has 6 heteroatoms. The maximum absolute atomic E-state index is 11.8. The Kier molecular flexibility index (Phi) is 5.32. The number of anilines is 1. The second-order valence-corrected chi connectivity index (χ2v) is 7.52. The van der Waals surface area contributed by atoms with Gasteiger partial charge in [-0.15, -0.1) is 0 Å². The number of rotatable bonds is 3. The lowest BCUT2D eigenvalue weighted by molar-refractivity contribution is 0.0525. The zero-order valence-corrected chi connectivity index (χ0v) is 15.2. The number of carbonyl (C=O) groups is 1. The normalized spacial score (nSPS) is 18.4. The van der Waals surface area contributed by atoms with Gasteiger partial charge in [0.1, 0.15) is 11.4 Å². The number of ether oxygens (including phenoxy) is 1. The molecule has 1 aromatic heterocycles. The predicted molar refractivity (Wildman–Crippen MR) is 91.3 cm³/mol. The summed E-state index contributed by atoms with van der Waals surface area (Å²) in [6, 6.07) is 2.34. The molecule has 0 bridgehead atoms. The average Bonchev–Trinajstić information content (AvgIpc) is 2.86. The van der Waals surface area contributed by atoms with E-state index in [4.69, 9.17) is 4.74 Å². The van der Waals surface area contributed by atoms with Gasteiger partial charge in [-0.3, -0.25) is 0 Å². The summed E-state index contributed by atoms with van der Waals surface area (Å²) in [6.07, 6.45) is 3.63. The molecule has 22 heavy (non-hydrogen) atoms. The standard InChI is InChI=1S/C16H24BrN3O2/c1-11-8-14(18-10-13(11)17)20-7-5-6-12(20)9-19-15(21)22-16(2,3)4/h8,10,12H,5-7,9H2,1-4H3,(H,19,21). The Balaban J connectivity index is 1.96. The van der Waals surface area contributed by atoms with Crippen LogP contribution in [-0.2, 0) is 4.74 Å². The van der Waals surface area contributed by atoms with Gasteiger partial charge in [-0.1, -0.05) is 0 Å². The third-order valence-electron chi connectivity index (χ3n) is 3.58. The maximum atomic E-state index is 11.8. The number of hydrogen-bond acceptors (Lipinski definition) is 4. The minimum Gasteiger partial charge on any atom is -0.444 e. The maximum Gasteiger partial charge on any atom is 0.407 e. The van der Waals surface area contributed by atoms with Crippen LogP contribution in [-0.4, -0.2) is 35.8 Å². The Labute approximate surface area is 140 Å². The van der Waals surface area contributed by atoms with Crippen LogP contribution in [0.15, 0.2) is 16.7 Å². The molecule has 0 radical (unpaired) electrons. The Morgan fingerprint density at radius 2 is 2.27 bits per heavy atom. The van der Waals surface area contributed by atoms with E-state index in [0.717, 1.165) is 35.2 Å².